The molecular weight excluding hydrogens is 334 g/mol. The number of likely N-dealkylation sites (N-methyl/N-ethyl adjacent to an activating group) is 1. The lowest BCUT2D eigenvalue weighted by atomic mass is 10.2. The number of hydrogen-bond donors (Lipinski definition) is 0. The zero-order chi connectivity index (χ0) is 18.2. The maximum absolute atomic E-state index is 12.4. The van der Waals surface area contributed by atoms with Gasteiger partial charge in [-0.05, 0) is 32.4 Å². The molecule has 0 aromatic carbocycles. The van der Waals surface area contributed by atoms with Crippen LogP contribution in [0.4, 0.5) is 0 Å². The topological polar surface area (TPSA) is 63.9 Å². The summed E-state index contributed by atoms with van der Waals surface area (Å²) in [7, 11) is 0. The van der Waals surface area contributed by atoms with E-state index in [9.17, 15) is 4.79 Å². The number of carbonyl (C=O) groups is 1. The molecule has 0 saturated heterocycles. The van der Waals surface area contributed by atoms with E-state index in [4.69, 9.17) is 0 Å². The maximum Gasteiger partial charge on any atom is 0.233 e. The largest absolute Gasteiger partial charge is 0.338 e. The van der Waals surface area contributed by atoms with Crippen molar-refractivity contribution in [3.8, 4) is 11.4 Å². The Kier molecular flexibility index (Phi) is 7.18. The number of hydrogen-bond acceptors (Lipinski definition) is 5. The normalized spacial score (nSPS) is 10.7. The lowest BCUT2D eigenvalue weighted by Gasteiger charge is -2.20. The first-order chi connectivity index (χ1) is 12.1. The van der Waals surface area contributed by atoms with Crippen LogP contribution >= 0.6 is 11.8 Å². The molecule has 2 aromatic rings. The lowest BCUT2D eigenvalue weighted by molar-refractivity contribution is -0.127. The van der Waals surface area contributed by atoms with Gasteiger partial charge in [-0.2, -0.15) is 0 Å². The second-order valence-electron chi connectivity index (χ2n) is 5.85. The Labute approximate surface area is 153 Å². The Hall–Kier alpha value is -2.15. The minimum Gasteiger partial charge on any atom is -0.338 e. The van der Waals surface area contributed by atoms with E-state index >= 15 is 0 Å². The lowest BCUT2D eigenvalue weighted by Crippen LogP contribution is -2.33. The fraction of sp³-hybridized carbons (Fsp3) is 0.444. The van der Waals surface area contributed by atoms with Crippen molar-refractivity contribution in [2.75, 3.05) is 18.8 Å². The first-order valence-electron chi connectivity index (χ1n) is 8.45. The molecule has 2 aromatic heterocycles. The van der Waals surface area contributed by atoms with Gasteiger partial charge in [-0.3, -0.25) is 9.78 Å². The van der Waals surface area contributed by atoms with Crippen LogP contribution in [0.1, 0.15) is 27.2 Å². The number of rotatable bonds is 9. The van der Waals surface area contributed by atoms with Gasteiger partial charge in [0.15, 0.2) is 11.0 Å². The van der Waals surface area contributed by atoms with E-state index in [0.29, 0.717) is 18.8 Å². The average Bonchev–Trinajstić information content (AvgIpc) is 3.01. The van der Waals surface area contributed by atoms with Gasteiger partial charge in [0.1, 0.15) is 0 Å². The highest BCUT2D eigenvalue weighted by Crippen LogP contribution is 2.24. The molecule has 0 aliphatic carbocycles. The summed E-state index contributed by atoms with van der Waals surface area (Å²) in [4.78, 5) is 18.3. The number of thioether (sulfide) groups is 1. The molecular formula is C18H25N5OS. The van der Waals surface area contributed by atoms with Crippen molar-refractivity contribution in [1.82, 2.24) is 24.6 Å². The third-order valence-corrected chi connectivity index (χ3v) is 4.57. The summed E-state index contributed by atoms with van der Waals surface area (Å²) in [5.41, 5.74) is 1.96. The molecule has 6 nitrogen and oxygen atoms in total. The van der Waals surface area contributed by atoms with E-state index in [2.05, 4.69) is 33.3 Å². The molecule has 0 N–H and O–H groups in total. The SMILES string of the molecule is C=C(C)CN(CC)C(=O)CSc1nnc(-c2ccncc2)n1CCC. The van der Waals surface area contributed by atoms with E-state index < -0.39 is 0 Å². The zero-order valence-electron chi connectivity index (χ0n) is 15.1. The number of amides is 1. The van der Waals surface area contributed by atoms with E-state index in [1.807, 2.05) is 26.0 Å². The Morgan fingerprint density at radius 1 is 1.28 bits per heavy atom. The van der Waals surface area contributed by atoms with Crippen LogP contribution in [-0.4, -0.2) is 49.4 Å². The van der Waals surface area contributed by atoms with Gasteiger partial charge in [0, 0.05) is 37.6 Å². The van der Waals surface area contributed by atoms with Crippen LogP contribution in [0.2, 0.25) is 0 Å². The third-order valence-electron chi connectivity index (χ3n) is 3.62. The van der Waals surface area contributed by atoms with Gasteiger partial charge in [-0.1, -0.05) is 30.8 Å². The van der Waals surface area contributed by atoms with Gasteiger partial charge >= 0.3 is 0 Å². The molecule has 0 bridgehead atoms. The van der Waals surface area contributed by atoms with Gasteiger partial charge in [-0.15, -0.1) is 10.2 Å². The van der Waals surface area contributed by atoms with Crippen molar-refractivity contribution in [3.63, 3.8) is 0 Å². The van der Waals surface area contributed by atoms with Gasteiger partial charge in [0.05, 0.1) is 5.75 Å². The van der Waals surface area contributed by atoms with Crippen molar-refractivity contribution in [3.05, 3.63) is 36.7 Å². The molecule has 2 rings (SSSR count). The van der Waals surface area contributed by atoms with Gasteiger partial charge in [0.25, 0.3) is 0 Å². The summed E-state index contributed by atoms with van der Waals surface area (Å²) in [6, 6.07) is 3.84. The smallest absolute Gasteiger partial charge is 0.233 e. The van der Waals surface area contributed by atoms with Crippen LogP contribution < -0.4 is 0 Å². The summed E-state index contributed by atoms with van der Waals surface area (Å²) >= 11 is 1.43. The molecule has 7 heteroatoms. The van der Waals surface area contributed by atoms with Crippen molar-refractivity contribution in [2.24, 2.45) is 0 Å². The molecule has 0 spiro atoms. The number of pyridine rings is 1. The van der Waals surface area contributed by atoms with Crippen LogP contribution in [0, 0.1) is 0 Å². The predicted molar refractivity (Wildman–Crippen MR) is 101 cm³/mol. The number of carbonyl (C=O) groups excluding carboxylic acids is 1. The van der Waals surface area contributed by atoms with Crippen molar-refractivity contribution in [2.45, 2.75) is 38.9 Å². The van der Waals surface area contributed by atoms with Crippen molar-refractivity contribution in [1.29, 1.82) is 0 Å². The molecule has 0 atom stereocenters. The highest BCUT2D eigenvalue weighted by molar-refractivity contribution is 7.99. The van der Waals surface area contributed by atoms with Crippen LogP contribution in [0.15, 0.2) is 41.8 Å². The molecule has 0 radical (unpaired) electrons. The summed E-state index contributed by atoms with van der Waals surface area (Å²) in [5.74, 6) is 1.25. The highest BCUT2D eigenvalue weighted by atomic mass is 32.2. The third kappa shape index (κ3) is 5.16. The quantitative estimate of drug-likeness (QED) is 0.508. The number of aromatic nitrogens is 4. The molecule has 0 saturated carbocycles. The second-order valence-corrected chi connectivity index (χ2v) is 6.79. The van der Waals surface area contributed by atoms with Crippen molar-refractivity contribution >= 4 is 17.7 Å². The van der Waals surface area contributed by atoms with Gasteiger partial charge < -0.3 is 9.47 Å². The average molecular weight is 359 g/mol. The second kappa shape index (κ2) is 9.36. The van der Waals surface area contributed by atoms with E-state index in [1.54, 1.807) is 17.3 Å². The van der Waals surface area contributed by atoms with Crippen LogP contribution in [0.25, 0.3) is 11.4 Å². The van der Waals surface area contributed by atoms with E-state index in [0.717, 1.165) is 35.1 Å². The van der Waals surface area contributed by atoms with Crippen LogP contribution in [-0.2, 0) is 11.3 Å². The van der Waals surface area contributed by atoms with E-state index in [-0.39, 0.29) is 5.91 Å². The standard InChI is InChI=1S/C18H25N5OS/c1-5-11-23-17(15-7-9-19-10-8-15)20-21-18(23)25-13-16(24)22(6-2)12-14(3)4/h7-10H,3,5-6,11-13H2,1-2,4H3. The van der Waals surface area contributed by atoms with Crippen LogP contribution in [0.3, 0.4) is 0 Å². The summed E-state index contributed by atoms with van der Waals surface area (Å²) in [6.07, 6.45) is 4.45. The number of nitrogens with zero attached hydrogens (tertiary/aromatic N) is 5. The summed E-state index contributed by atoms with van der Waals surface area (Å²) in [5, 5.41) is 9.39. The van der Waals surface area contributed by atoms with Crippen LogP contribution in [0.5, 0.6) is 0 Å². The fourth-order valence-corrected chi connectivity index (χ4v) is 3.32. The molecule has 25 heavy (non-hydrogen) atoms. The monoisotopic (exact) mass is 359 g/mol. The zero-order valence-corrected chi connectivity index (χ0v) is 15.9. The molecule has 0 unspecified atom stereocenters. The fourth-order valence-electron chi connectivity index (χ4n) is 2.45. The first-order valence-corrected chi connectivity index (χ1v) is 9.43. The molecule has 134 valence electrons. The molecule has 0 aliphatic heterocycles. The van der Waals surface area contributed by atoms with Gasteiger partial charge in [-0.25, -0.2) is 0 Å². The molecule has 2 heterocycles. The molecule has 1 amide bonds. The summed E-state index contributed by atoms with van der Waals surface area (Å²) < 4.78 is 2.07. The van der Waals surface area contributed by atoms with E-state index in [1.165, 1.54) is 11.8 Å². The predicted octanol–water partition coefficient (Wildman–Crippen LogP) is 3.27. The minimum absolute atomic E-state index is 0.0898. The Morgan fingerprint density at radius 2 is 2.00 bits per heavy atom. The molecule has 0 aliphatic rings. The molecule has 0 fully saturated rings. The highest BCUT2D eigenvalue weighted by Gasteiger charge is 2.17. The Morgan fingerprint density at radius 3 is 2.60 bits per heavy atom. The summed E-state index contributed by atoms with van der Waals surface area (Å²) in [6.45, 7) is 12.0. The maximum atomic E-state index is 12.4. The first kappa shape index (κ1) is 19.2. The Bertz CT molecular complexity index is 714. The van der Waals surface area contributed by atoms with Gasteiger partial charge in [0.2, 0.25) is 5.91 Å². The van der Waals surface area contributed by atoms with Crippen molar-refractivity contribution < 1.29 is 4.79 Å². The Balaban J connectivity index is 2.13. The minimum atomic E-state index is 0.0898.